The second-order valence-corrected chi connectivity index (χ2v) is 5.98. The summed E-state index contributed by atoms with van der Waals surface area (Å²) in [6, 6.07) is 15.7. The van der Waals surface area contributed by atoms with E-state index < -0.39 is 0 Å². The van der Waals surface area contributed by atoms with E-state index in [0.29, 0.717) is 16.3 Å². The number of aromatic nitrogens is 3. The van der Waals surface area contributed by atoms with Gasteiger partial charge in [0.05, 0.1) is 18.9 Å². The Bertz CT molecular complexity index is 941. The molecule has 1 N–H and O–H groups in total. The molecule has 0 fully saturated rings. The average molecular weight is 353 g/mol. The molecule has 0 saturated carbocycles. The number of rotatable bonds is 5. The van der Waals surface area contributed by atoms with Crippen molar-refractivity contribution in [3.8, 4) is 17.1 Å². The Hall–Kier alpha value is -2.93. The molecule has 2 aromatic carbocycles. The van der Waals surface area contributed by atoms with Crippen LogP contribution < -0.4 is 9.64 Å². The Morgan fingerprint density at radius 2 is 1.88 bits per heavy atom. The molecule has 0 aliphatic rings. The number of nitrogens with zero attached hydrogens (tertiary/aromatic N) is 4. The maximum atomic E-state index is 5.40. The lowest BCUT2D eigenvalue weighted by Gasteiger charge is -2.11. The van der Waals surface area contributed by atoms with Crippen LogP contribution in [0.1, 0.15) is 5.56 Å². The number of benzene rings is 2. The van der Waals surface area contributed by atoms with Crippen LogP contribution in [0.3, 0.4) is 0 Å². The summed E-state index contributed by atoms with van der Waals surface area (Å²) in [6.07, 6.45) is 1.75. The van der Waals surface area contributed by atoms with Gasteiger partial charge in [0.15, 0.2) is 5.82 Å². The predicted octanol–water partition coefficient (Wildman–Crippen LogP) is 3.56. The van der Waals surface area contributed by atoms with Crippen molar-refractivity contribution in [2.75, 3.05) is 26.1 Å². The van der Waals surface area contributed by atoms with E-state index in [1.165, 1.54) is 0 Å². The molecule has 3 rings (SSSR count). The first-order valence-electron chi connectivity index (χ1n) is 7.72. The zero-order valence-electron chi connectivity index (χ0n) is 14.3. The van der Waals surface area contributed by atoms with Crippen molar-refractivity contribution >= 4 is 24.1 Å². The van der Waals surface area contributed by atoms with Gasteiger partial charge in [0, 0.05) is 19.8 Å². The van der Waals surface area contributed by atoms with Crippen LogP contribution in [0.5, 0.6) is 5.75 Å². The minimum Gasteiger partial charge on any atom is -0.496 e. The van der Waals surface area contributed by atoms with E-state index >= 15 is 0 Å². The molecule has 0 aliphatic heterocycles. The molecular weight excluding hydrogens is 334 g/mol. The number of nitrogens with one attached hydrogen (secondary N) is 1. The first-order valence-corrected chi connectivity index (χ1v) is 8.13. The Morgan fingerprint density at radius 1 is 1.16 bits per heavy atom. The fourth-order valence-electron chi connectivity index (χ4n) is 2.39. The summed E-state index contributed by atoms with van der Waals surface area (Å²) in [5.74, 6) is 1.31. The van der Waals surface area contributed by atoms with E-state index in [0.717, 1.165) is 16.8 Å². The van der Waals surface area contributed by atoms with E-state index in [-0.39, 0.29) is 0 Å². The SMILES string of the molecule is COc1ccccc1-c1n[nH]c(=S)n1N=Cc1ccc(N(C)C)cc1. The largest absolute Gasteiger partial charge is 0.496 e. The van der Waals surface area contributed by atoms with Gasteiger partial charge in [-0.2, -0.15) is 14.9 Å². The second kappa shape index (κ2) is 7.31. The molecule has 0 unspecified atom stereocenters. The van der Waals surface area contributed by atoms with Gasteiger partial charge in [0.1, 0.15) is 5.75 Å². The summed E-state index contributed by atoms with van der Waals surface area (Å²) in [6.45, 7) is 0. The van der Waals surface area contributed by atoms with Gasteiger partial charge in [0.2, 0.25) is 4.77 Å². The molecule has 1 heterocycles. The molecule has 25 heavy (non-hydrogen) atoms. The number of methoxy groups -OCH3 is 1. The molecule has 6 nitrogen and oxygen atoms in total. The zero-order chi connectivity index (χ0) is 17.8. The molecule has 0 amide bonds. The molecule has 3 aromatic rings. The first kappa shape index (κ1) is 16.9. The van der Waals surface area contributed by atoms with Crippen molar-refractivity contribution < 1.29 is 4.74 Å². The van der Waals surface area contributed by atoms with Crippen LogP contribution in [-0.4, -0.2) is 42.3 Å². The summed E-state index contributed by atoms with van der Waals surface area (Å²) in [5.41, 5.74) is 2.92. The number of para-hydroxylation sites is 1. The third-order valence-electron chi connectivity index (χ3n) is 3.73. The lowest BCUT2D eigenvalue weighted by atomic mass is 10.2. The Morgan fingerprint density at radius 3 is 2.56 bits per heavy atom. The van der Waals surface area contributed by atoms with Crippen molar-refractivity contribution in [2.45, 2.75) is 0 Å². The maximum Gasteiger partial charge on any atom is 0.216 e. The summed E-state index contributed by atoms with van der Waals surface area (Å²) >= 11 is 5.31. The number of anilines is 1. The van der Waals surface area contributed by atoms with E-state index in [9.17, 15) is 0 Å². The van der Waals surface area contributed by atoms with Crippen LogP contribution in [0, 0.1) is 4.77 Å². The van der Waals surface area contributed by atoms with Gasteiger partial charge in [-0.15, -0.1) is 0 Å². The quantitative estimate of drug-likeness (QED) is 0.563. The lowest BCUT2D eigenvalue weighted by molar-refractivity contribution is 0.416. The van der Waals surface area contributed by atoms with Crippen molar-refractivity contribution in [3.05, 3.63) is 58.9 Å². The van der Waals surface area contributed by atoms with Crippen molar-refractivity contribution in [1.29, 1.82) is 0 Å². The molecule has 0 radical (unpaired) electrons. The van der Waals surface area contributed by atoms with Crippen LogP contribution in [0.25, 0.3) is 11.4 Å². The second-order valence-electron chi connectivity index (χ2n) is 5.59. The zero-order valence-corrected chi connectivity index (χ0v) is 15.1. The Balaban J connectivity index is 1.96. The van der Waals surface area contributed by atoms with Gasteiger partial charge >= 0.3 is 0 Å². The van der Waals surface area contributed by atoms with Crippen molar-refractivity contribution in [1.82, 2.24) is 14.9 Å². The van der Waals surface area contributed by atoms with Gasteiger partial charge in [0.25, 0.3) is 0 Å². The highest BCUT2D eigenvalue weighted by atomic mass is 32.1. The monoisotopic (exact) mass is 353 g/mol. The molecule has 0 aliphatic carbocycles. The smallest absolute Gasteiger partial charge is 0.216 e. The lowest BCUT2D eigenvalue weighted by Crippen LogP contribution is -2.08. The molecular formula is C18H19N5OS. The topological polar surface area (TPSA) is 58.4 Å². The fraction of sp³-hybridized carbons (Fsp3) is 0.167. The van der Waals surface area contributed by atoms with E-state index in [1.54, 1.807) is 18.0 Å². The van der Waals surface area contributed by atoms with Crippen LogP contribution in [0.4, 0.5) is 5.69 Å². The Kier molecular flexibility index (Phi) is 4.95. The molecule has 0 spiro atoms. The summed E-state index contributed by atoms with van der Waals surface area (Å²) in [7, 11) is 5.64. The normalized spacial score (nSPS) is 11.0. The molecule has 0 saturated heterocycles. The van der Waals surface area contributed by atoms with Crippen LogP contribution >= 0.6 is 12.2 Å². The fourth-order valence-corrected chi connectivity index (χ4v) is 2.56. The average Bonchev–Trinajstić information content (AvgIpc) is 3.00. The Labute approximate surface area is 151 Å². The highest BCUT2D eigenvalue weighted by Gasteiger charge is 2.12. The van der Waals surface area contributed by atoms with Gasteiger partial charge < -0.3 is 9.64 Å². The van der Waals surface area contributed by atoms with E-state index in [4.69, 9.17) is 17.0 Å². The van der Waals surface area contributed by atoms with Crippen LogP contribution in [0.2, 0.25) is 0 Å². The molecule has 0 bridgehead atoms. The number of hydrogen-bond donors (Lipinski definition) is 1. The van der Waals surface area contributed by atoms with Gasteiger partial charge in [-0.25, -0.2) is 5.10 Å². The van der Waals surface area contributed by atoms with Gasteiger partial charge in [-0.3, -0.25) is 0 Å². The third-order valence-corrected chi connectivity index (χ3v) is 3.99. The first-order chi connectivity index (χ1) is 12.1. The number of hydrogen-bond acceptors (Lipinski definition) is 5. The van der Waals surface area contributed by atoms with Crippen LogP contribution in [-0.2, 0) is 0 Å². The number of H-pyrrole nitrogens is 1. The van der Waals surface area contributed by atoms with Crippen molar-refractivity contribution in [2.24, 2.45) is 5.10 Å². The highest BCUT2D eigenvalue weighted by Crippen LogP contribution is 2.28. The molecule has 128 valence electrons. The molecule has 0 atom stereocenters. The number of ether oxygens (including phenoxy) is 1. The predicted molar refractivity (Wildman–Crippen MR) is 103 cm³/mol. The summed E-state index contributed by atoms with van der Waals surface area (Å²) in [4.78, 5) is 2.05. The molecule has 1 aromatic heterocycles. The maximum absolute atomic E-state index is 5.40. The van der Waals surface area contributed by atoms with Crippen molar-refractivity contribution in [3.63, 3.8) is 0 Å². The number of aromatic amines is 1. The highest BCUT2D eigenvalue weighted by molar-refractivity contribution is 7.71. The minimum atomic E-state index is 0.419. The van der Waals surface area contributed by atoms with E-state index in [1.807, 2.05) is 67.5 Å². The van der Waals surface area contributed by atoms with Gasteiger partial charge in [-0.1, -0.05) is 24.3 Å². The minimum absolute atomic E-state index is 0.419. The third kappa shape index (κ3) is 3.61. The van der Waals surface area contributed by atoms with Gasteiger partial charge in [-0.05, 0) is 42.0 Å². The standard InChI is InChI=1S/C18H19N5OS/c1-22(2)14-10-8-13(9-11-14)12-19-23-17(20-21-18(23)25)15-6-4-5-7-16(15)24-3/h4-12H,1-3H3,(H,21,25). The summed E-state index contributed by atoms with van der Waals surface area (Å²) in [5, 5.41) is 11.6. The summed E-state index contributed by atoms with van der Waals surface area (Å²) < 4.78 is 7.41. The van der Waals surface area contributed by atoms with E-state index in [2.05, 4.69) is 15.3 Å². The van der Waals surface area contributed by atoms with Crippen LogP contribution in [0.15, 0.2) is 53.6 Å². The molecule has 7 heteroatoms.